The molecule has 10 nitrogen and oxygen atoms in total. The minimum absolute atomic E-state index is 0.145. The summed E-state index contributed by atoms with van der Waals surface area (Å²) in [7, 11) is 0. The highest BCUT2D eigenvalue weighted by Gasteiger charge is 2.41. The van der Waals surface area contributed by atoms with Gasteiger partial charge in [-0.05, 0) is 62.2 Å². The number of aliphatic imine (C=N–C) groups is 1. The molecular formula is C31H29Cl3N6O4. The summed E-state index contributed by atoms with van der Waals surface area (Å²) >= 11 is 18.8. The Morgan fingerprint density at radius 3 is 2.55 bits per heavy atom. The molecule has 2 N–H and O–H groups in total. The van der Waals surface area contributed by atoms with E-state index in [1.165, 1.54) is 21.8 Å². The first-order chi connectivity index (χ1) is 21.1. The molecule has 1 aliphatic rings. The van der Waals surface area contributed by atoms with Crippen LogP contribution in [0.25, 0.3) is 0 Å². The summed E-state index contributed by atoms with van der Waals surface area (Å²) in [6, 6.07) is 16.5. The van der Waals surface area contributed by atoms with Gasteiger partial charge < -0.3 is 14.8 Å². The predicted octanol–water partition coefficient (Wildman–Crippen LogP) is 6.78. The molecule has 2 atom stereocenters. The highest BCUT2D eigenvalue weighted by Crippen LogP contribution is 2.38. The number of halogens is 3. The summed E-state index contributed by atoms with van der Waals surface area (Å²) in [4.78, 5) is 31.0. The smallest absolute Gasteiger partial charge is 0.278 e. The van der Waals surface area contributed by atoms with Gasteiger partial charge in [-0.15, -0.1) is 0 Å². The molecule has 5 rings (SSSR count). The van der Waals surface area contributed by atoms with Gasteiger partial charge in [0.15, 0.2) is 24.7 Å². The Hall–Kier alpha value is -4.25. The summed E-state index contributed by atoms with van der Waals surface area (Å²) in [5.41, 5.74) is 5.83. The second kappa shape index (κ2) is 13.6. The molecule has 1 saturated heterocycles. The van der Waals surface area contributed by atoms with Gasteiger partial charge in [0, 0.05) is 29.2 Å². The Kier molecular flexibility index (Phi) is 9.63. The van der Waals surface area contributed by atoms with E-state index < -0.39 is 18.1 Å². The third kappa shape index (κ3) is 6.93. The van der Waals surface area contributed by atoms with Crippen LogP contribution in [0.1, 0.15) is 30.5 Å². The molecule has 4 aromatic rings. The molecule has 13 heteroatoms. The van der Waals surface area contributed by atoms with Crippen LogP contribution in [-0.4, -0.2) is 40.3 Å². The maximum absolute atomic E-state index is 13.5. The zero-order valence-corrected chi connectivity index (χ0v) is 26.3. The van der Waals surface area contributed by atoms with Crippen molar-refractivity contribution < 1.29 is 19.1 Å². The normalized spacial score (nSPS) is 16.1. The number of aryl methyl sites for hydroxylation is 2. The van der Waals surface area contributed by atoms with E-state index in [2.05, 4.69) is 20.8 Å². The topological polar surface area (TPSA) is 110 Å². The van der Waals surface area contributed by atoms with Crippen molar-refractivity contribution in [3.05, 3.63) is 99.3 Å². The molecule has 1 aromatic heterocycles. The van der Waals surface area contributed by atoms with Crippen molar-refractivity contribution in [2.75, 3.05) is 17.1 Å². The number of nitrogens with one attached hydrogen (secondary N) is 2. The Bertz CT molecular complexity index is 1690. The van der Waals surface area contributed by atoms with Crippen molar-refractivity contribution in [1.82, 2.24) is 15.2 Å². The summed E-state index contributed by atoms with van der Waals surface area (Å²) in [6.45, 7) is 5.70. The van der Waals surface area contributed by atoms with Gasteiger partial charge in [0.2, 0.25) is 0 Å². The van der Waals surface area contributed by atoms with Gasteiger partial charge in [0.05, 0.1) is 10.0 Å². The Balaban J connectivity index is 1.28. The van der Waals surface area contributed by atoms with E-state index in [0.29, 0.717) is 28.6 Å². The summed E-state index contributed by atoms with van der Waals surface area (Å²) in [5.74, 6) is 0.702. The number of ether oxygens (including phenoxy) is 2. The largest absolute Gasteiger partial charge is 0.480 e. The van der Waals surface area contributed by atoms with Crippen LogP contribution in [0.2, 0.25) is 15.1 Å². The lowest BCUT2D eigenvalue weighted by Crippen LogP contribution is -2.36. The molecule has 44 heavy (non-hydrogen) atoms. The Labute approximate surface area is 269 Å². The molecular weight excluding hydrogens is 627 g/mol. The fourth-order valence-electron chi connectivity index (χ4n) is 4.65. The number of amidine groups is 1. The first kappa shape index (κ1) is 31.2. The maximum Gasteiger partial charge on any atom is 0.278 e. The third-order valence-electron chi connectivity index (χ3n) is 6.76. The zero-order valence-electron chi connectivity index (χ0n) is 24.1. The molecule has 2 amide bonds. The van der Waals surface area contributed by atoms with Crippen LogP contribution >= 0.6 is 34.8 Å². The average Bonchev–Trinajstić information content (AvgIpc) is 3.60. The van der Waals surface area contributed by atoms with Crippen molar-refractivity contribution >= 4 is 63.8 Å². The van der Waals surface area contributed by atoms with Gasteiger partial charge in [-0.1, -0.05) is 65.5 Å². The number of amides is 2. The number of rotatable bonds is 10. The number of benzene rings is 3. The van der Waals surface area contributed by atoms with Crippen LogP contribution in [0.5, 0.6) is 11.5 Å². The fourth-order valence-corrected chi connectivity index (χ4v) is 5.63. The number of hydrogen-bond acceptors (Lipinski definition) is 6. The van der Waals surface area contributed by atoms with Crippen molar-refractivity contribution in [3.8, 4) is 11.5 Å². The fraction of sp³-hybridized carbons (Fsp3) is 0.226. The first-order valence-electron chi connectivity index (χ1n) is 13.7. The van der Waals surface area contributed by atoms with Gasteiger partial charge in [-0.2, -0.15) is 5.10 Å². The molecule has 228 valence electrons. The number of hydrogen-bond donors (Lipinski definition) is 2. The number of aromatic nitrogens is 2. The molecule has 1 fully saturated rings. The van der Waals surface area contributed by atoms with Crippen LogP contribution in [-0.2, 0) is 9.59 Å². The lowest BCUT2D eigenvalue weighted by Gasteiger charge is -2.19. The van der Waals surface area contributed by atoms with Gasteiger partial charge in [0.1, 0.15) is 17.2 Å². The van der Waals surface area contributed by atoms with E-state index in [9.17, 15) is 9.59 Å². The van der Waals surface area contributed by atoms with E-state index in [4.69, 9.17) is 44.3 Å². The van der Waals surface area contributed by atoms with Gasteiger partial charge in [-0.3, -0.25) is 19.7 Å². The first-order valence-corrected chi connectivity index (χ1v) is 14.8. The zero-order chi connectivity index (χ0) is 31.4. The molecule has 0 aliphatic carbocycles. The average molecular weight is 656 g/mol. The van der Waals surface area contributed by atoms with Crippen molar-refractivity contribution in [1.29, 1.82) is 0 Å². The minimum Gasteiger partial charge on any atom is -0.480 e. The maximum atomic E-state index is 13.5. The van der Waals surface area contributed by atoms with Gasteiger partial charge in [-0.25, -0.2) is 10.0 Å². The summed E-state index contributed by atoms with van der Waals surface area (Å²) in [5, 5.41) is 9.03. The van der Waals surface area contributed by atoms with Crippen LogP contribution < -0.4 is 25.2 Å². The standard InChI is InChI=1S/C31H29Cl3N6O4/c1-4-25(44-26-10-9-18(2)13-19(26)3)30(41)37-21-7-5-8-22(16-21)43-17-35-29-28(39-12-6-11-36-39)31(42)40(38-29)27-23(33)14-20(32)15-24(27)34/h5-16,25,28H,4,17H2,1-3H3,(H,35,38)(H,37,41). The molecule has 3 aromatic carbocycles. The molecule has 0 bridgehead atoms. The van der Waals surface area contributed by atoms with E-state index in [1.807, 2.05) is 39.0 Å². The second-order valence-corrected chi connectivity index (χ2v) is 11.3. The lowest BCUT2D eigenvalue weighted by atomic mass is 10.1. The summed E-state index contributed by atoms with van der Waals surface area (Å²) in [6.07, 6.45) is 3.01. The molecule has 2 heterocycles. The minimum atomic E-state index is -0.912. The van der Waals surface area contributed by atoms with E-state index in [0.717, 1.165) is 11.1 Å². The molecule has 0 radical (unpaired) electrons. The number of hydrazine groups is 1. The Morgan fingerprint density at radius 1 is 1.09 bits per heavy atom. The second-order valence-electron chi connectivity index (χ2n) is 10.0. The lowest BCUT2D eigenvalue weighted by molar-refractivity contribution is -0.123. The third-order valence-corrected chi connectivity index (χ3v) is 7.56. The van der Waals surface area contributed by atoms with Crippen molar-refractivity contribution in [2.45, 2.75) is 39.3 Å². The molecule has 0 saturated carbocycles. The Morgan fingerprint density at radius 2 is 1.86 bits per heavy atom. The van der Waals surface area contributed by atoms with E-state index in [-0.39, 0.29) is 34.2 Å². The van der Waals surface area contributed by atoms with E-state index in [1.54, 1.807) is 42.7 Å². The molecule has 0 spiro atoms. The number of nitrogens with zero attached hydrogens (tertiary/aromatic N) is 4. The highest BCUT2D eigenvalue weighted by atomic mass is 35.5. The molecule has 2 unspecified atom stereocenters. The quantitative estimate of drug-likeness (QED) is 0.195. The monoisotopic (exact) mass is 654 g/mol. The van der Waals surface area contributed by atoms with Crippen LogP contribution in [0, 0.1) is 13.8 Å². The number of anilines is 2. The van der Waals surface area contributed by atoms with E-state index >= 15 is 0 Å². The molecule has 1 aliphatic heterocycles. The van der Waals surface area contributed by atoms with Crippen LogP contribution in [0.3, 0.4) is 0 Å². The number of carbonyl (C=O) groups is 2. The van der Waals surface area contributed by atoms with Crippen LogP contribution in [0.4, 0.5) is 11.4 Å². The van der Waals surface area contributed by atoms with Crippen molar-refractivity contribution in [2.24, 2.45) is 4.99 Å². The SMILES string of the molecule is CCC(Oc1ccc(C)cc1C)C(=O)Nc1cccc(OCN=C2NN(c3c(Cl)cc(Cl)cc3Cl)C(=O)C2n2cccn2)c1. The van der Waals surface area contributed by atoms with Gasteiger partial charge >= 0.3 is 0 Å². The number of carbonyl (C=O) groups excluding carboxylic acids is 2. The predicted molar refractivity (Wildman–Crippen MR) is 172 cm³/mol. The highest BCUT2D eigenvalue weighted by molar-refractivity contribution is 6.43. The van der Waals surface area contributed by atoms with Crippen LogP contribution in [0.15, 0.2) is 78.0 Å². The van der Waals surface area contributed by atoms with Crippen molar-refractivity contribution in [3.63, 3.8) is 0 Å². The summed E-state index contributed by atoms with van der Waals surface area (Å²) < 4.78 is 13.3. The van der Waals surface area contributed by atoms with Gasteiger partial charge in [0.25, 0.3) is 11.8 Å².